The Morgan fingerprint density at radius 1 is 1.05 bits per heavy atom. The van der Waals surface area contributed by atoms with Gasteiger partial charge in [-0.2, -0.15) is 0 Å². The van der Waals surface area contributed by atoms with Crippen LogP contribution in [0, 0.1) is 20.8 Å². The molecule has 1 amide bonds. The summed E-state index contributed by atoms with van der Waals surface area (Å²) in [6.45, 7) is 7.28. The largest absolute Gasteiger partial charge is 0.384 e. The molecule has 0 aliphatic heterocycles. The Balaban J connectivity index is 2.20. The van der Waals surface area contributed by atoms with E-state index in [1.54, 1.807) is 0 Å². The molecule has 0 heterocycles. The number of nitrogens with two attached hydrogens (primary N) is 1. The third-order valence-corrected chi connectivity index (χ3v) is 3.81. The van der Waals surface area contributed by atoms with Gasteiger partial charge in [0, 0.05) is 30.0 Å². The van der Waals surface area contributed by atoms with Crippen molar-refractivity contribution in [3.63, 3.8) is 0 Å². The van der Waals surface area contributed by atoms with Crippen molar-refractivity contribution in [3.8, 4) is 0 Å². The minimum absolute atomic E-state index is 0.107. The van der Waals surface area contributed by atoms with E-state index in [1.165, 1.54) is 0 Å². The van der Waals surface area contributed by atoms with Gasteiger partial charge in [-0.3, -0.25) is 4.79 Å². The second-order valence-electron chi connectivity index (χ2n) is 5.45. The highest BCUT2D eigenvalue weighted by molar-refractivity contribution is 6.05. The lowest BCUT2D eigenvalue weighted by atomic mass is 10.1. The molecule has 116 valence electrons. The van der Waals surface area contributed by atoms with Crippen LogP contribution in [0.1, 0.15) is 27.0 Å². The monoisotopic (exact) mass is 297 g/mol. The fraction of sp³-hybridized carbons (Fsp3) is 0.278. The average molecular weight is 297 g/mol. The Morgan fingerprint density at radius 3 is 2.55 bits per heavy atom. The first kappa shape index (κ1) is 16.0. The van der Waals surface area contributed by atoms with Crippen molar-refractivity contribution in [2.75, 3.05) is 23.7 Å². The Kier molecular flexibility index (Phi) is 5.17. The van der Waals surface area contributed by atoms with Crippen molar-refractivity contribution >= 4 is 17.3 Å². The van der Waals surface area contributed by atoms with Crippen LogP contribution >= 0.6 is 0 Å². The minimum atomic E-state index is -0.107. The second kappa shape index (κ2) is 7.09. The predicted molar refractivity (Wildman–Crippen MR) is 92.6 cm³/mol. The molecular formula is C18H23N3O. The summed E-state index contributed by atoms with van der Waals surface area (Å²) in [4.78, 5) is 12.5. The number of carbonyl (C=O) groups is 1. The molecular weight excluding hydrogens is 274 g/mol. The van der Waals surface area contributed by atoms with Gasteiger partial charge in [-0.1, -0.05) is 18.2 Å². The molecule has 0 fully saturated rings. The smallest absolute Gasteiger partial charge is 0.255 e. The first-order valence-electron chi connectivity index (χ1n) is 7.45. The van der Waals surface area contributed by atoms with Gasteiger partial charge < -0.3 is 16.4 Å². The van der Waals surface area contributed by atoms with E-state index in [4.69, 9.17) is 5.73 Å². The molecule has 4 N–H and O–H groups in total. The summed E-state index contributed by atoms with van der Waals surface area (Å²) in [5, 5.41) is 6.22. The molecule has 4 heteroatoms. The summed E-state index contributed by atoms with van der Waals surface area (Å²) >= 11 is 0. The SMILES string of the molecule is Cc1ccc(C(=O)Nc2cccc(C)c2C)cc1NCCN. The van der Waals surface area contributed by atoms with Crippen LogP contribution in [0.4, 0.5) is 11.4 Å². The first-order valence-corrected chi connectivity index (χ1v) is 7.45. The zero-order chi connectivity index (χ0) is 16.1. The van der Waals surface area contributed by atoms with E-state index in [0.29, 0.717) is 18.7 Å². The van der Waals surface area contributed by atoms with Gasteiger partial charge in [0.05, 0.1) is 0 Å². The second-order valence-corrected chi connectivity index (χ2v) is 5.45. The molecule has 22 heavy (non-hydrogen) atoms. The molecule has 0 unspecified atom stereocenters. The van der Waals surface area contributed by atoms with E-state index >= 15 is 0 Å². The van der Waals surface area contributed by atoms with E-state index in [-0.39, 0.29) is 5.91 Å². The molecule has 0 radical (unpaired) electrons. The van der Waals surface area contributed by atoms with Gasteiger partial charge in [0.1, 0.15) is 0 Å². The number of nitrogens with one attached hydrogen (secondary N) is 2. The summed E-state index contributed by atoms with van der Waals surface area (Å²) in [6, 6.07) is 11.5. The lowest BCUT2D eigenvalue weighted by Gasteiger charge is -2.13. The van der Waals surface area contributed by atoms with Crippen molar-refractivity contribution in [2.24, 2.45) is 5.73 Å². The molecule has 0 saturated carbocycles. The number of amides is 1. The van der Waals surface area contributed by atoms with Gasteiger partial charge in [0.2, 0.25) is 0 Å². The number of rotatable bonds is 5. The quantitative estimate of drug-likeness (QED) is 0.793. The van der Waals surface area contributed by atoms with Crippen LogP contribution in [-0.4, -0.2) is 19.0 Å². The molecule has 2 aromatic carbocycles. The first-order chi connectivity index (χ1) is 10.5. The predicted octanol–water partition coefficient (Wildman–Crippen LogP) is 3.23. The summed E-state index contributed by atoms with van der Waals surface area (Å²) in [6.07, 6.45) is 0. The average Bonchev–Trinajstić information content (AvgIpc) is 2.51. The fourth-order valence-corrected chi connectivity index (χ4v) is 2.24. The number of carbonyl (C=O) groups excluding carboxylic acids is 1. The van der Waals surface area contributed by atoms with Gasteiger partial charge in [0.15, 0.2) is 0 Å². The summed E-state index contributed by atoms with van der Waals surface area (Å²) in [5.41, 5.74) is 11.3. The Bertz CT molecular complexity index is 680. The maximum atomic E-state index is 12.5. The molecule has 0 atom stereocenters. The highest BCUT2D eigenvalue weighted by Crippen LogP contribution is 2.21. The van der Waals surface area contributed by atoms with Crippen molar-refractivity contribution in [2.45, 2.75) is 20.8 Å². The lowest BCUT2D eigenvalue weighted by Crippen LogP contribution is -2.16. The zero-order valence-corrected chi connectivity index (χ0v) is 13.4. The number of hydrogen-bond donors (Lipinski definition) is 3. The van der Waals surface area contributed by atoms with E-state index in [0.717, 1.165) is 28.1 Å². The number of benzene rings is 2. The van der Waals surface area contributed by atoms with E-state index in [9.17, 15) is 4.79 Å². The number of anilines is 2. The highest BCUT2D eigenvalue weighted by atomic mass is 16.1. The van der Waals surface area contributed by atoms with Crippen molar-refractivity contribution in [1.82, 2.24) is 0 Å². The normalized spacial score (nSPS) is 10.4. The third-order valence-electron chi connectivity index (χ3n) is 3.81. The van der Waals surface area contributed by atoms with Gasteiger partial charge >= 0.3 is 0 Å². The van der Waals surface area contributed by atoms with Crippen LogP contribution in [0.25, 0.3) is 0 Å². The topological polar surface area (TPSA) is 67.2 Å². The van der Waals surface area contributed by atoms with Crippen molar-refractivity contribution in [3.05, 3.63) is 58.7 Å². The minimum Gasteiger partial charge on any atom is -0.384 e. The Morgan fingerprint density at radius 2 is 1.82 bits per heavy atom. The number of aryl methyl sites for hydroxylation is 2. The third kappa shape index (κ3) is 3.65. The molecule has 4 nitrogen and oxygen atoms in total. The summed E-state index contributed by atoms with van der Waals surface area (Å²) in [5.74, 6) is -0.107. The maximum absolute atomic E-state index is 12.5. The molecule has 0 spiro atoms. The van der Waals surface area contributed by atoms with E-state index < -0.39 is 0 Å². The van der Waals surface area contributed by atoms with Gasteiger partial charge in [-0.05, 0) is 55.7 Å². The van der Waals surface area contributed by atoms with Crippen LogP contribution in [0.15, 0.2) is 36.4 Å². The molecule has 0 aromatic heterocycles. The van der Waals surface area contributed by atoms with E-state index in [1.807, 2.05) is 57.2 Å². The number of hydrogen-bond acceptors (Lipinski definition) is 3. The van der Waals surface area contributed by atoms with Gasteiger partial charge in [-0.15, -0.1) is 0 Å². The van der Waals surface area contributed by atoms with Crippen molar-refractivity contribution in [1.29, 1.82) is 0 Å². The molecule has 0 aliphatic carbocycles. The van der Waals surface area contributed by atoms with Crippen LogP contribution in [0.5, 0.6) is 0 Å². The lowest BCUT2D eigenvalue weighted by molar-refractivity contribution is 0.102. The molecule has 2 aromatic rings. The standard InChI is InChI=1S/C18H23N3O/c1-12-5-4-6-16(14(12)3)21-18(22)15-8-7-13(2)17(11-15)20-10-9-19/h4-8,11,20H,9-10,19H2,1-3H3,(H,21,22). The van der Waals surface area contributed by atoms with Gasteiger partial charge in [0.25, 0.3) is 5.91 Å². The van der Waals surface area contributed by atoms with E-state index in [2.05, 4.69) is 10.6 Å². The molecule has 2 rings (SSSR count). The maximum Gasteiger partial charge on any atom is 0.255 e. The Labute approximate surface area is 131 Å². The van der Waals surface area contributed by atoms with Gasteiger partial charge in [-0.25, -0.2) is 0 Å². The zero-order valence-electron chi connectivity index (χ0n) is 13.4. The summed E-state index contributed by atoms with van der Waals surface area (Å²) in [7, 11) is 0. The molecule has 0 aliphatic rings. The summed E-state index contributed by atoms with van der Waals surface area (Å²) < 4.78 is 0. The molecule has 0 saturated heterocycles. The van der Waals surface area contributed by atoms with Crippen LogP contribution in [-0.2, 0) is 0 Å². The van der Waals surface area contributed by atoms with Crippen LogP contribution < -0.4 is 16.4 Å². The van der Waals surface area contributed by atoms with Crippen LogP contribution in [0.3, 0.4) is 0 Å². The highest BCUT2D eigenvalue weighted by Gasteiger charge is 2.10. The molecule has 0 bridgehead atoms. The Hall–Kier alpha value is -2.33. The van der Waals surface area contributed by atoms with Crippen LogP contribution in [0.2, 0.25) is 0 Å². The van der Waals surface area contributed by atoms with Crippen molar-refractivity contribution < 1.29 is 4.79 Å². The fourth-order valence-electron chi connectivity index (χ4n) is 2.24.